The highest BCUT2D eigenvalue weighted by molar-refractivity contribution is 6.30. The Hall–Kier alpha value is -1.82. The molecule has 1 aliphatic heterocycles. The molecule has 0 aliphatic carbocycles. The highest BCUT2D eigenvalue weighted by Crippen LogP contribution is 2.28. The van der Waals surface area contributed by atoms with Crippen molar-refractivity contribution in [3.8, 4) is 0 Å². The number of carbonyl (C=O) groups excluding carboxylic acids is 2. The number of alkyl halides is 1. The van der Waals surface area contributed by atoms with Crippen LogP contribution in [-0.4, -0.2) is 41.3 Å². The number of likely N-dealkylation sites (tertiary alicyclic amines) is 1. The molecule has 0 aromatic heterocycles. The maximum Gasteiger partial charge on any atom is 0.410 e. The maximum absolute atomic E-state index is 14.9. The average molecular weight is 371 g/mol. The largest absolute Gasteiger partial charge is 0.444 e. The predicted molar refractivity (Wildman–Crippen MR) is 94.2 cm³/mol. The SMILES string of the molecule is CC(C)(C)OC(=O)N1CCC(F)(C(=O)NCc2cccc(Cl)c2)CC1. The van der Waals surface area contributed by atoms with Gasteiger partial charge < -0.3 is 15.0 Å². The molecule has 1 heterocycles. The van der Waals surface area contributed by atoms with Crippen LogP contribution in [0.1, 0.15) is 39.2 Å². The fourth-order valence-electron chi connectivity index (χ4n) is 2.58. The van der Waals surface area contributed by atoms with Crippen molar-refractivity contribution in [2.24, 2.45) is 0 Å². The maximum atomic E-state index is 14.9. The first-order chi connectivity index (χ1) is 11.6. The second-order valence-electron chi connectivity index (χ2n) is 7.25. The van der Waals surface area contributed by atoms with Crippen LogP contribution in [0.15, 0.2) is 24.3 Å². The Morgan fingerprint density at radius 2 is 1.96 bits per heavy atom. The van der Waals surface area contributed by atoms with E-state index in [9.17, 15) is 14.0 Å². The van der Waals surface area contributed by atoms with Crippen LogP contribution in [0.5, 0.6) is 0 Å². The molecule has 2 amide bonds. The fourth-order valence-corrected chi connectivity index (χ4v) is 2.80. The van der Waals surface area contributed by atoms with Gasteiger partial charge in [-0.3, -0.25) is 4.79 Å². The molecule has 0 spiro atoms. The predicted octanol–water partition coefficient (Wildman–Crippen LogP) is 3.70. The highest BCUT2D eigenvalue weighted by atomic mass is 35.5. The fraction of sp³-hybridized carbons (Fsp3) is 0.556. The highest BCUT2D eigenvalue weighted by Gasteiger charge is 2.43. The molecule has 1 N–H and O–H groups in total. The van der Waals surface area contributed by atoms with Crippen LogP contribution in [0.2, 0.25) is 5.02 Å². The molecule has 7 heteroatoms. The summed E-state index contributed by atoms with van der Waals surface area (Å²) in [4.78, 5) is 25.7. The van der Waals surface area contributed by atoms with E-state index in [0.717, 1.165) is 5.56 Å². The summed E-state index contributed by atoms with van der Waals surface area (Å²) in [5.41, 5.74) is -1.78. The van der Waals surface area contributed by atoms with E-state index in [0.29, 0.717) is 5.02 Å². The molecule has 1 fully saturated rings. The third kappa shape index (κ3) is 5.59. The third-order valence-corrected chi connectivity index (χ3v) is 4.19. The Morgan fingerprint density at radius 3 is 2.52 bits per heavy atom. The molecule has 0 atom stereocenters. The quantitative estimate of drug-likeness (QED) is 0.882. The van der Waals surface area contributed by atoms with Gasteiger partial charge in [0, 0.05) is 37.5 Å². The zero-order valence-corrected chi connectivity index (χ0v) is 15.5. The van der Waals surface area contributed by atoms with Crippen molar-refractivity contribution < 1.29 is 18.7 Å². The number of halogens is 2. The Morgan fingerprint density at radius 1 is 1.32 bits per heavy atom. The Labute approximate surface area is 152 Å². The van der Waals surface area contributed by atoms with Gasteiger partial charge >= 0.3 is 6.09 Å². The minimum atomic E-state index is -1.98. The van der Waals surface area contributed by atoms with Crippen LogP contribution in [0, 0.1) is 0 Å². The molecular weight excluding hydrogens is 347 g/mol. The lowest BCUT2D eigenvalue weighted by Crippen LogP contribution is -2.52. The van der Waals surface area contributed by atoms with E-state index in [1.54, 1.807) is 39.0 Å². The standard InChI is InChI=1S/C18H24ClFN2O3/c1-17(2,3)25-16(24)22-9-7-18(20,8-10-22)15(23)21-12-13-5-4-6-14(19)11-13/h4-6,11H,7-10,12H2,1-3H3,(H,21,23). The van der Waals surface area contributed by atoms with Crippen molar-refractivity contribution in [1.82, 2.24) is 10.2 Å². The Kier molecular flexibility index (Phi) is 5.93. The van der Waals surface area contributed by atoms with Gasteiger partial charge in [0.15, 0.2) is 5.67 Å². The Bertz CT molecular complexity index is 637. The molecule has 5 nitrogen and oxygen atoms in total. The van der Waals surface area contributed by atoms with Gasteiger partial charge in [-0.15, -0.1) is 0 Å². The molecule has 138 valence electrons. The number of benzene rings is 1. The van der Waals surface area contributed by atoms with E-state index in [1.807, 2.05) is 6.07 Å². The van der Waals surface area contributed by atoms with E-state index in [4.69, 9.17) is 16.3 Å². The smallest absolute Gasteiger partial charge is 0.410 e. The van der Waals surface area contributed by atoms with E-state index in [2.05, 4.69) is 5.32 Å². The van der Waals surface area contributed by atoms with Gasteiger partial charge in [0.25, 0.3) is 5.91 Å². The molecule has 0 radical (unpaired) electrons. The minimum Gasteiger partial charge on any atom is -0.444 e. The normalized spacial score (nSPS) is 17.1. The van der Waals surface area contributed by atoms with Crippen molar-refractivity contribution in [3.63, 3.8) is 0 Å². The van der Waals surface area contributed by atoms with Gasteiger partial charge in [-0.05, 0) is 38.5 Å². The molecule has 0 unspecified atom stereocenters. The zero-order chi connectivity index (χ0) is 18.7. The monoisotopic (exact) mass is 370 g/mol. The van der Waals surface area contributed by atoms with Crippen LogP contribution in [-0.2, 0) is 16.1 Å². The number of nitrogens with one attached hydrogen (secondary N) is 1. The van der Waals surface area contributed by atoms with Crippen molar-refractivity contribution in [3.05, 3.63) is 34.9 Å². The second-order valence-corrected chi connectivity index (χ2v) is 7.68. The van der Waals surface area contributed by atoms with Crippen LogP contribution < -0.4 is 5.32 Å². The molecule has 0 bridgehead atoms. The first-order valence-electron chi connectivity index (χ1n) is 8.29. The first kappa shape index (κ1) is 19.5. The van der Waals surface area contributed by atoms with Crippen LogP contribution in [0.3, 0.4) is 0 Å². The lowest BCUT2D eigenvalue weighted by atomic mass is 9.92. The Balaban J connectivity index is 1.86. The summed E-state index contributed by atoms with van der Waals surface area (Å²) in [6.45, 7) is 5.83. The summed E-state index contributed by atoms with van der Waals surface area (Å²) in [5, 5.41) is 3.17. The molecule has 0 saturated carbocycles. The lowest BCUT2D eigenvalue weighted by Gasteiger charge is -2.36. The average Bonchev–Trinajstić information content (AvgIpc) is 2.51. The number of carbonyl (C=O) groups is 2. The van der Waals surface area contributed by atoms with Gasteiger partial charge in [0.1, 0.15) is 5.60 Å². The number of hydrogen-bond acceptors (Lipinski definition) is 3. The lowest BCUT2D eigenvalue weighted by molar-refractivity contribution is -0.136. The number of amides is 2. The number of ether oxygens (including phenoxy) is 1. The topological polar surface area (TPSA) is 58.6 Å². The molecule has 1 aromatic rings. The van der Waals surface area contributed by atoms with E-state index in [-0.39, 0.29) is 32.5 Å². The minimum absolute atomic E-state index is 0.0480. The van der Waals surface area contributed by atoms with Crippen LogP contribution in [0.4, 0.5) is 9.18 Å². The van der Waals surface area contributed by atoms with Crippen molar-refractivity contribution in [2.45, 2.75) is 51.4 Å². The molecule has 1 aliphatic rings. The van der Waals surface area contributed by atoms with Crippen molar-refractivity contribution in [1.29, 1.82) is 0 Å². The number of nitrogens with zero attached hydrogens (tertiary/aromatic N) is 1. The van der Waals surface area contributed by atoms with E-state index in [1.165, 1.54) is 4.90 Å². The van der Waals surface area contributed by atoms with Gasteiger partial charge in [0.05, 0.1) is 0 Å². The first-order valence-corrected chi connectivity index (χ1v) is 8.66. The summed E-state index contributed by atoms with van der Waals surface area (Å²) < 4.78 is 20.2. The van der Waals surface area contributed by atoms with Crippen molar-refractivity contribution >= 4 is 23.6 Å². The summed E-state index contributed by atoms with van der Waals surface area (Å²) >= 11 is 5.89. The van der Waals surface area contributed by atoms with Gasteiger partial charge in [-0.2, -0.15) is 0 Å². The molecule has 25 heavy (non-hydrogen) atoms. The van der Waals surface area contributed by atoms with Gasteiger partial charge in [0.2, 0.25) is 0 Å². The van der Waals surface area contributed by atoms with E-state index < -0.39 is 23.3 Å². The van der Waals surface area contributed by atoms with E-state index >= 15 is 0 Å². The molecular formula is C18H24ClFN2O3. The molecule has 1 saturated heterocycles. The molecule has 2 rings (SSSR count). The van der Waals surface area contributed by atoms with Gasteiger partial charge in [-0.1, -0.05) is 23.7 Å². The number of piperidine rings is 1. The number of hydrogen-bond donors (Lipinski definition) is 1. The second kappa shape index (κ2) is 7.60. The van der Waals surface area contributed by atoms with Crippen molar-refractivity contribution in [2.75, 3.05) is 13.1 Å². The third-order valence-electron chi connectivity index (χ3n) is 3.96. The summed E-state index contributed by atoms with van der Waals surface area (Å²) in [7, 11) is 0. The van der Waals surface area contributed by atoms with Crippen LogP contribution >= 0.6 is 11.6 Å². The number of rotatable bonds is 3. The summed E-state index contributed by atoms with van der Waals surface area (Å²) in [6, 6.07) is 7.03. The molecule has 1 aromatic carbocycles. The van der Waals surface area contributed by atoms with Gasteiger partial charge in [-0.25, -0.2) is 9.18 Å². The summed E-state index contributed by atoms with van der Waals surface area (Å²) in [5.74, 6) is -0.656. The summed E-state index contributed by atoms with van der Waals surface area (Å²) in [6.07, 6.45) is -0.574. The zero-order valence-electron chi connectivity index (χ0n) is 14.8. The van der Waals surface area contributed by atoms with Crippen LogP contribution in [0.25, 0.3) is 0 Å².